The molecule has 7 heteroatoms. The number of guanidine groups is 1. The summed E-state index contributed by atoms with van der Waals surface area (Å²) in [6, 6.07) is 0. The highest BCUT2D eigenvalue weighted by molar-refractivity contribution is 7.86. The van der Waals surface area contributed by atoms with Gasteiger partial charge in [0.2, 0.25) is 0 Å². The molecule has 0 aromatic rings. The number of hydrogen-bond acceptors (Lipinski definition) is 5. The van der Waals surface area contributed by atoms with Crippen LogP contribution in [-0.4, -0.2) is 35.9 Å². The van der Waals surface area contributed by atoms with Crippen LogP contribution in [-0.2, 0) is 10.1 Å². The van der Waals surface area contributed by atoms with E-state index in [-0.39, 0.29) is 5.96 Å². The third kappa shape index (κ3) is 1.56. The molecule has 0 aromatic carbocycles. The van der Waals surface area contributed by atoms with Gasteiger partial charge in [-0.1, -0.05) is 0 Å². The Kier molecular flexibility index (Phi) is 2.07. The first-order chi connectivity index (χ1) is 5.43. The second kappa shape index (κ2) is 2.76. The van der Waals surface area contributed by atoms with Crippen molar-refractivity contribution in [1.29, 1.82) is 0 Å². The second-order valence-corrected chi connectivity index (χ2v) is 3.85. The number of nitrogens with zero attached hydrogens (tertiary/aromatic N) is 1. The van der Waals surface area contributed by atoms with Crippen LogP contribution in [0.3, 0.4) is 0 Å². The summed E-state index contributed by atoms with van der Waals surface area (Å²) in [6.07, 6.45) is 2.56. The first-order valence-corrected chi connectivity index (χ1v) is 4.63. The number of hydrogen-bond donors (Lipinski definition) is 2. The summed E-state index contributed by atoms with van der Waals surface area (Å²) >= 11 is 0. The van der Waals surface area contributed by atoms with E-state index in [1.165, 1.54) is 19.3 Å². The highest BCUT2D eigenvalue weighted by Gasteiger charge is 2.22. The van der Waals surface area contributed by atoms with Gasteiger partial charge in [-0.25, -0.2) is 13.0 Å². The molecule has 0 amide bonds. The van der Waals surface area contributed by atoms with E-state index < -0.39 is 15.5 Å². The summed E-state index contributed by atoms with van der Waals surface area (Å²) < 4.78 is 32.9. The van der Waals surface area contributed by atoms with E-state index >= 15 is 0 Å². The lowest BCUT2D eigenvalue weighted by Gasteiger charge is -2.20. The van der Waals surface area contributed by atoms with Crippen molar-refractivity contribution in [3.8, 4) is 0 Å². The highest BCUT2D eigenvalue weighted by Crippen LogP contribution is 2.02. The van der Waals surface area contributed by atoms with E-state index in [2.05, 4.69) is 5.32 Å². The van der Waals surface area contributed by atoms with Crippen molar-refractivity contribution < 1.29 is 17.5 Å². The second-order valence-electron chi connectivity index (χ2n) is 2.38. The smallest absolute Gasteiger partial charge is 0.348 e. The van der Waals surface area contributed by atoms with Crippen molar-refractivity contribution >= 4 is 16.1 Å². The van der Waals surface area contributed by atoms with Gasteiger partial charge in [-0.2, -0.15) is 0 Å². The van der Waals surface area contributed by atoms with E-state index in [0.29, 0.717) is 0 Å². The molecule has 6 nitrogen and oxygen atoms in total. The molecule has 0 aromatic heterocycles. The van der Waals surface area contributed by atoms with Crippen molar-refractivity contribution in [1.82, 2.24) is 5.32 Å². The molecule has 0 aliphatic carbocycles. The van der Waals surface area contributed by atoms with Crippen molar-refractivity contribution in [3.63, 3.8) is 0 Å². The van der Waals surface area contributed by atoms with Gasteiger partial charge in [-0.15, -0.1) is 0 Å². The maximum Gasteiger partial charge on any atom is 0.348 e. The number of nitrogens with two attached hydrogens (primary N) is 1. The lowest BCUT2D eigenvalue weighted by molar-refractivity contribution is -0.507. The quantitative estimate of drug-likeness (QED) is 0.366. The number of nitrogens with one attached hydrogen (secondary N) is 1. The summed E-state index contributed by atoms with van der Waals surface area (Å²) in [5.74, 6) is 0.141. The molecule has 68 valence electrons. The fraction of sp³-hybridized carbons (Fsp3) is 0.400. The molecular weight excluding hydrogens is 182 g/mol. The predicted molar refractivity (Wildman–Crippen MR) is 41.1 cm³/mol. The minimum Gasteiger partial charge on any atom is -0.745 e. The maximum absolute atomic E-state index is 10.6. The summed E-state index contributed by atoms with van der Waals surface area (Å²) in [7, 11) is -2.94. The van der Waals surface area contributed by atoms with E-state index in [1.807, 2.05) is 0 Å². The van der Waals surface area contributed by atoms with Crippen LogP contribution < -0.4 is 11.1 Å². The topological polar surface area (TPSA) is 98.3 Å². The first kappa shape index (κ1) is 9.01. The molecule has 0 bridgehead atoms. The molecule has 0 saturated heterocycles. The molecule has 1 atom stereocenters. The van der Waals surface area contributed by atoms with Crippen molar-refractivity contribution in [2.75, 3.05) is 7.05 Å². The SMILES string of the molecule is C[N+]1=C(N)NC=CC1S(=O)(=O)[O-]. The van der Waals surface area contributed by atoms with Gasteiger partial charge in [0.25, 0.3) is 0 Å². The fourth-order valence-electron chi connectivity index (χ4n) is 0.874. The normalized spacial score (nSPS) is 24.0. The van der Waals surface area contributed by atoms with Gasteiger partial charge >= 0.3 is 5.96 Å². The molecule has 0 saturated carbocycles. The Morgan fingerprint density at radius 3 is 2.75 bits per heavy atom. The van der Waals surface area contributed by atoms with Gasteiger partial charge in [-0.05, 0) is 6.08 Å². The standard InChI is InChI=1S/C5H9N3O3S/c1-8-4(12(9,10)11)2-3-7-5(8)6/h2-4H,1H3,(H3,6,7,9,10,11). The Morgan fingerprint density at radius 2 is 2.33 bits per heavy atom. The number of rotatable bonds is 1. The molecule has 0 fully saturated rings. The zero-order valence-corrected chi connectivity index (χ0v) is 7.21. The Balaban J connectivity index is 3.09. The molecule has 1 unspecified atom stereocenters. The van der Waals surface area contributed by atoms with Gasteiger partial charge in [0.05, 0.1) is 13.2 Å². The van der Waals surface area contributed by atoms with Crippen molar-refractivity contribution in [2.24, 2.45) is 5.73 Å². The van der Waals surface area contributed by atoms with Gasteiger partial charge in [-0.3, -0.25) is 11.1 Å². The summed E-state index contributed by atoms with van der Waals surface area (Å²) in [4.78, 5) is 0. The molecule has 0 spiro atoms. The molecule has 1 heterocycles. The van der Waals surface area contributed by atoms with E-state index in [0.717, 1.165) is 4.58 Å². The summed E-state index contributed by atoms with van der Waals surface area (Å²) in [5.41, 5.74) is 5.34. The Bertz CT molecular complexity index is 343. The zero-order valence-electron chi connectivity index (χ0n) is 6.39. The largest absolute Gasteiger partial charge is 0.745 e. The molecular formula is C5H9N3O3S. The Hall–Kier alpha value is -1.08. The predicted octanol–water partition coefficient (Wildman–Crippen LogP) is -2.07. The van der Waals surface area contributed by atoms with Crippen LogP contribution in [0.5, 0.6) is 0 Å². The summed E-state index contributed by atoms with van der Waals surface area (Å²) in [6.45, 7) is 0. The Labute approximate surface area is 70.1 Å². The third-order valence-corrected chi connectivity index (χ3v) is 2.61. The minimum atomic E-state index is -4.36. The van der Waals surface area contributed by atoms with Crippen LogP contribution in [0.15, 0.2) is 12.3 Å². The lowest BCUT2D eigenvalue weighted by atomic mass is 10.5. The van der Waals surface area contributed by atoms with Crippen LogP contribution in [0.4, 0.5) is 0 Å². The van der Waals surface area contributed by atoms with Gasteiger partial charge in [0.15, 0.2) is 5.37 Å². The van der Waals surface area contributed by atoms with Gasteiger partial charge in [0.1, 0.15) is 10.1 Å². The average molecular weight is 191 g/mol. The molecule has 0 radical (unpaired) electrons. The number of likely N-dealkylation sites (N-methyl/N-ethyl adjacent to an activating group) is 1. The molecule has 1 rings (SSSR count). The van der Waals surface area contributed by atoms with Crippen LogP contribution in [0.2, 0.25) is 0 Å². The molecule has 12 heavy (non-hydrogen) atoms. The van der Waals surface area contributed by atoms with E-state index in [9.17, 15) is 13.0 Å². The molecule has 3 N–H and O–H groups in total. The third-order valence-electron chi connectivity index (χ3n) is 1.55. The lowest BCUT2D eigenvalue weighted by Crippen LogP contribution is -2.46. The maximum atomic E-state index is 10.6. The fourth-order valence-corrected chi connectivity index (χ4v) is 1.65. The van der Waals surface area contributed by atoms with Crippen LogP contribution in [0, 0.1) is 0 Å². The van der Waals surface area contributed by atoms with Crippen LogP contribution >= 0.6 is 0 Å². The molecule has 1 aliphatic heterocycles. The average Bonchev–Trinajstić information content (AvgIpc) is 1.92. The highest BCUT2D eigenvalue weighted by atomic mass is 32.2. The van der Waals surface area contributed by atoms with Gasteiger partial charge < -0.3 is 4.55 Å². The zero-order chi connectivity index (χ0) is 9.35. The van der Waals surface area contributed by atoms with Crippen LogP contribution in [0.25, 0.3) is 0 Å². The van der Waals surface area contributed by atoms with Gasteiger partial charge in [0, 0.05) is 0 Å². The van der Waals surface area contributed by atoms with Crippen molar-refractivity contribution in [2.45, 2.75) is 5.37 Å². The van der Waals surface area contributed by atoms with E-state index in [4.69, 9.17) is 5.73 Å². The summed E-state index contributed by atoms with van der Waals surface area (Å²) in [5, 5.41) is 1.36. The molecule has 1 aliphatic rings. The first-order valence-electron chi connectivity index (χ1n) is 3.16. The Morgan fingerprint density at radius 1 is 1.75 bits per heavy atom. The van der Waals surface area contributed by atoms with Crippen LogP contribution in [0.1, 0.15) is 0 Å². The van der Waals surface area contributed by atoms with E-state index in [1.54, 1.807) is 0 Å². The monoisotopic (exact) mass is 191 g/mol. The van der Waals surface area contributed by atoms with Crippen molar-refractivity contribution in [3.05, 3.63) is 12.3 Å². The minimum absolute atomic E-state index is 0.141.